The highest BCUT2D eigenvalue weighted by Crippen LogP contribution is 2.32. The molecule has 1 aliphatic rings. The summed E-state index contributed by atoms with van der Waals surface area (Å²) in [5.74, 6) is 0.918. The van der Waals surface area contributed by atoms with Crippen LogP contribution in [0.1, 0.15) is 26.2 Å². The standard InChI is InChI=1S/C18H24N2O3S.ClH/c1-2-23-17-10-11-18(15-8-4-3-7-14(15)17)24(21,22)20-16-9-5-6-13(16)12-19;/h3-4,7-8,10-11,13,16,20H,2,5-6,9,12,19H2,1H3;1H. The van der Waals surface area contributed by atoms with Gasteiger partial charge in [-0.2, -0.15) is 0 Å². The van der Waals surface area contributed by atoms with Crippen LogP contribution in [0.15, 0.2) is 41.3 Å². The number of ether oxygens (including phenoxy) is 1. The van der Waals surface area contributed by atoms with Crippen LogP contribution < -0.4 is 15.2 Å². The van der Waals surface area contributed by atoms with Crippen LogP contribution in [-0.2, 0) is 10.0 Å². The van der Waals surface area contributed by atoms with Crippen LogP contribution >= 0.6 is 12.4 Å². The summed E-state index contributed by atoms with van der Waals surface area (Å²) in [7, 11) is -3.61. The molecule has 0 bridgehead atoms. The summed E-state index contributed by atoms with van der Waals surface area (Å²) in [5, 5.41) is 1.49. The van der Waals surface area contributed by atoms with Gasteiger partial charge in [0.1, 0.15) is 5.75 Å². The van der Waals surface area contributed by atoms with Gasteiger partial charge in [-0.05, 0) is 44.4 Å². The molecule has 7 heteroatoms. The maximum Gasteiger partial charge on any atom is 0.241 e. The molecule has 0 aromatic heterocycles. The van der Waals surface area contributed by atoms with E-state index in [1.807, 2.05) is 31.2 Å². The number of rotatable bonds is 6. The molecular formula is C18H25ClN2O3S. The van der Waals surface area contributed by atoms with E-state index in [0.29, 0.717) is 29.2 Å². The summed E-state index contributed by atoms with van der Waals surface area (Å²) >= 11 is 0. The van der Waals surface area contributed by atoms with Crippen molar-refractivity contribution in [2.24, 2.45) is 11.7 Å². The molecule has 2 unspecified atom stereocenters. The number of nitrogens with one attached hydrogen (secondary N) is 1. The van der Waals surface area contributed by atoms with Gasteiger partial charge >= 0.3 is 0 Å². The summed E-state index contributed by atoms with van der Waals surface area (Å²) in [6, 6.07) is 10.7. The summed E-state index contributed by atoms with van der Waals surface area (Å²) in [6.45, 7) is 2.96. The Balaban J connectivity index is 0.00000225. The lowest BCUT2D eigenvalue weighted by atomic mass is 10.1. The molecule has 0 heterocycles. The predicted octanol–water partition coefficient (Wildman–Crippen LogP) is 3.07. The number of sulfonamides is 1. The van der Waals surface area contributed by atoms with E-state index in [4.69, 9.17) is 10.5 Å². The van der Waals surface area contributed by atoms with Gasteiger partial charge in [-0.25, -0.2) is 13.1 Å². The quantitative estimate of drug-likeness (QED) is 0.801. The molecule has 1 aliphatic carbocycles. The SMILES string of the molecule is CCOc1ccc(S(=O)(=O)NC2CCCC2CN)c2ccccc12.Cl. The zero-order valence-corrected chi connectivity index (χ0v) is 15.9. The van der Waals surface area contributed by atoms with Crippen molar-refractivity contribution in [2.45, 2.75) is 37.1 Å². The van der Waals surface area contributed by atoms with Crippen LogP contribution in [0.4, 0.5) is 0 Å². The van der Waals surface area contributed by atoms with E-state index >= 15 is 0 Å². The predicted molar refractivity (Wildman–Crippen MR) is 103 cm³/mol. The van der Waals surface area contributed by atoms with Crippen LogP contribution in [0.25, 0.3) is 10.8 Å². The largest absolute Gasteiger partial charge is 0.493 e. The monoisotopic (exact) mass is 384 g/mol. The third kappa shape index (κ3) is 4.08. The summed E-state index contributed by atoms with van der Waals surface area (Å²) in [4.78, 5) is 0.296. The van der Waals surface area contributed by atoms with Crippen molar-refractivity contribution < 1.29 is 13.2 Å². The number of hydrogen-bond acceptors (Lipinski definition) is 4. The first-order valence-corrected chi connectivity index (χ1v) is 9.92. The lowest BCUT2D eigenvalue weighted by Gasteiger charge is -2.20. The number of nitrogens with two attached hydrogens (primary N) is 1. The van der Waals surface area contributed by atoms with Crippen molar-refractivity contribution in [1.29, 1.82) is 0 Å². The van der Waals surface area contributed by atoms with E-state index in [0.717, 1.165) is 24.6 Å². The van der Waals surface area contributed by atoms with Gasteiger partial charge in [0.2, 0.25) is 10.0 Å². The minimum absolute atomic E-state index is 0. The molecule has 3 N–H and O–H groups in total. The summed E-state index contributed by atoms with van der Waals surface area (Å²) < 4.78 is 34.4. The van der Waals surface area contributed by atoms with E-state index in [9.17, 15) is 8.42 Å². The molecule has 2 aromatic carbocycles. The van der Waals surface area contributed by atoms with Gasteiger partial charge in [-0.1, -0.05) is 30.7 Å². The third-order valence-electron chi connectivity index (χ3n) is 4.70. The van der Waals surface area contributed by atoms with Gasteiger partial charge in [-0.15, -0.1) is 12.4 Å². The molecule has 0 saturated heterocycles. The summed E-state index contributed by atoms with van der Waals surface area (Å²) in [6.07, 6.45) is 2.84. The molecule has 138 valence electrons. The van der Waals surface area contributed by atoms with Crippen LogP contribution in [-0.4, -0.2) is 27.6 Å². The molecule has 2 aromatic rings. The molecule has 1 saturated carbocycles. The second-order valence-electron chi connectivity index (χ2n) is 6.19. The Morgan fingerprint density at radius 2 is 1.88 bits per heavy atom. The molecule has 0 amide bonds. The van der Waals surface area contributed by atoms with Crippen molar-refractivity contribution in [1.82, 2.24) is 4.72 Å². The van der Waals surface area contributed by atoms with Crippen molar-refractivity contribution in [2.75, 3.05) is 13.2 Å². The topological polar surface area (TPSA) is 81.4 Å². The highest BCUT2D eigenvalue weighted by Gasteiger charge is 2.31. The Labute approximate surface area is 155 Å². The first kappa shape index (κ1) is 20.0. The van der Waals surface area contributed by atoms with Crippen molar-refractivity contribution >= 4 is 33.2 Å². The van der Waals surface area contributed by atoms with Crippen LogP contribution in [0.5, 0.6) is 5.75 Å². The maximum atomic E-state index is 12.9. The first-order chi connectivity index (χ1) is 11.6. The number of benzene rings is 2. The lowest BCUT2D eigenvalue weighted by Crippen LogP contribution is -2.39. The molecule has 1 fully saturated rings. The Hall–Kier alpha value is -1.34. The molecule has 0 spiro atoms. The molecular weight excluding hydrogens is 360 g/mol. The van der Waals surface area contributed by atoms with E-state index in [1.165, 1.54) is 0 Å². The van der Waals surface area contributed by atoms with Gasteiger partial charge in [-0.3, -0.25) is 0 Å². The number of halogens is 1. The molecule has 5 nitrogen and oxygen atoms in total. The second kappa shape index (κ2) is 8.36. The van der Waals surface area contributed by atoms with E-state index < -0.39 is 10.0 Å². The van der Waals surface area contributed by atoms with E-state index in [-0.39, 0.29) is 24.4 Å². The lowest BCUT2D eigenvalue weighted by molar-refractivity contribution is 0.344. The molecule has 25 heavy (non-hydrogen) atoms. The normalized spacial score (nSPS) is 20.4. The third-order valence-corrected chi connectivity index (χ3v) is 6.25. The second-order valence-corrected chi connectivity index (χ2v) is 7.88. The molecule has 3 rings (SSSR count). The van der Waals surface area contributed by atoms with Crippen molar-refractivity contribution in [3.63, 3.8) is 0 Å². The molecule has 0 aliphatic heterocycles. The zero-order chi connectivity index (χ0) is 17.2. The smallest absolute Gasteiger partial charge is 0.241 e. The van der Waals surface area contributed by atoms with Crippen LogP contribution in [0.2, 0.25) is 0 Å². The Morgan fingerprint density at radius 1 is 1.16 bits per heavy atom. The van der Waals surface area contributed by atoms with Crippen molar-refractivity contribution in [3.8, 4) is 5.75 Å². The average Bonchev–Trinajstić information content (AvgIpc) is 3.01. The Bertz CT molecular complexity index is 826. The molecule has 0 radical (unpaired) electrons. The summed E-state index contributed by atoms with van der Waals surface area (Å²) in [5.41, 5.74) is 5.77. The number of hydrogen-bond donors (Lipinski definition) is 2. The fourth-order valence-corrected chi connectivity index (χ4v) is 5.05. The van der Waals surface area contributed by atoms with Crippen molar-refractivity contribution in [3.05, 3.63) is 36.4 Å². The fourth-order valence-electron chi connectivity index (χ4n) is 3.50. The maximum absolute atomic E-state index is 12.9. The van der Waals surface area contributed by atoms with Gasteiger partial charge in [0.25, 0.3) is 0 Å². The zero-order valence-electron chi connectivity index (χ0n) is 14.3. The highest BCUT2D eigenvalue weighted by atomic mass is 35.5. The van der Waals surface area contributed by atoms with Gasteiger partial charge in [0, 0.05) is 16.8 Å². The minimum atomic E-state index is -3.61. The van der Waals surface area contributed by atoms with E-state index in [2.05, 4.69) is 4.72 Å². The van der Waals surface area contributed by atoms with Gasteiger partial charge in [0.15, 0.2) is 0 Å². The number of fused-ring (bicyclic) bond motifs is 1. The van der Waals surface area contributed by atoms with E-state index in [1.54, 1.807) is 12.1 Å². The first-order valence-electron chi connectivity index (χ1n) is 8.43. The van der Waals surface area contributed by atoms with Gasteiger partial charge in [0.05, 0.1) is 11.5 Å². The highest BCUT2D eigenvalue weighted by molar-refractivity contribution is 7.89. The Morgan fingerprint density at radius 3 is 2.56 bits per heavy atom. The van der Waals surface area contributed by atoms with Crippen LogP contribution in [0.3, 0.4) is 0 Å². The molecule has 2 atom stereocenters. The Kier molecular flexibility index (Phi) is 6.68. The van der Waals surface area contributed by atoms with Crippen LogP contribution in [0, 0.1) is 5.92 Å². The fraction of sp³-hybridized carbons (Fsp3) is 0.444. The van der Waals surface area contributed by atoms with Gasteiger partial charge < -0.3 is 10.5 Å². The minimum Gasteiger partial charge on any atom is -0.493 e. The average molecular weight is 385 g/mol.